The van der Waals surface area contributed by atoms with E-state index in [0.29, 0.717) is 23.6 Å². The van der Waals surface area contributed by atoms with Crippen molar-refractivity contribution in [3.05, 3.63) is 46.5 Å². The molecule has 7 nitrogen and oxygen atoms in total. The maximum Gasteiger partial charge on any atom is 0.436 e. The molecule has 1 saturated carbocycles. The molecular weight excluding hydrogens is 746 g/mol. The van der Waals surface area contributed by atoms with Gasteiger partial charge in [0.05, 0.1) is 0 Å². The summed E-state index contributed by atoms with van der Waals surface area (Å²) >= 11 is 1.03. The van der Waals surface area contributed by atoms with E-state index in [2.05, 4.69) is 61.2 Å². The van der Waals surface area contributed by atoms with E-state index in [-0.39, 0.29) is 10.8 Å². The number of ether oxygens (including phenoxy) is 2. The first kappa shape index (κ1) is 42.2. The first-order valence-electron chi connectivity index (χ1n) is 15.7. The Labute approximate surface area is 296 Å². The number of phenolic OH excluding ortho intramolecular Hbond substituents is 2. The molecule has 0 radical (unpaired) electrons. The summed E-state index contributed by atoms with van der Waals surface area (Å²) in [6, 6.07) is 8.32. The molecule has 1 aliphatic carbocycles. The molecule has 0 unspecified atom stereocenters. The number of rotatable bonds is 5. The van der Waals surface area contributed by atoms with Gasteiger partial charge in [0.15, 0.2) is 0 Å². The largest absolute Gasteiger partial charge is 0.795 e. The number of hydrogen-bond donors (Lipinski definition) is 2. The van der Waals surface area contributed by atoms with E-state index in [0.717, 1.165) is 61.7 Å². The first-order valence-corrected chi connectivity index (χ1v) is 16.6. The molecule has 1 heterocycles. The molecule has 2 aromatic rings. The van der Waals surface area contributed by atoms with Crippen LogP contribution in [0.2, 0.25) is 0 Å². The Kier molecular flexibility index (Phi) is 12.2. The van der Waals surface area contributed by atoms with Crippen molar-refractivity contribution in [1.82, 2.24) is 0 Å². The van der Waals surface area contributed by atoms with Gasteiger partial charge in [-0.3, -0.25) is 0 Å². The SMILES string of the molecule is COc1cc(C=[N+]2[Co][N+](=Cc3cc(OC)cc(C(C)(C)C)c3O)[C@@H]3CCCC[C@H]32)c(O)c(C(C)(C)C)c1.[O-]C(F)(F)C(F)(C(F)(F)F)C(F)(F)F. The summed E-state index contributed by atoms with van der Waals surface area (Å²) in [6.45, 7) is 12.6. The molecule has 2 N–H and O–H groups in total. The zero-order valence-electron chi connectivity index (χ0n) is 29.2. The average Bonchev–Trinajstić information content (AvgIpc) is 3.32. The second-order valence-corrected chi connectivity index (χ2v) is 15.6. The van der Waals surface area contributed by atoms with Crippen molar-refractivity contribution in [3.8, 4) is 23.0 Å². The Morgan fingerprint density at radius 1 is 0.667 bits per heavy atom. The summed E-state index contributed by atoms with van der Waals surface area (Å²) in [5.74, 6) is 2.09. The van der Waals surface area contributed by atoms with E-state index >= 15 is 0 Å². The molecule has 0 amide bonds. The van der Waals surface area contributed by atoms with Gasteiger partial charge in [-0.05, 0) is 0 Å². The van der Waals surface area contributed by atoms with Crippen LogP contribution in [-0.2, 0) is 26.0 Å². The van der Waals surface area contributed by atoms with Crippen molar-refractivity contribution in [2.75, 3.05) is 14.2 Å². The monoisotopic (exact) mass is 788 g/mol. The molecule has 2 atom stereocenters. The number of nitrogens with zero attached hydrogens (tertiary/aromatic N) is 2. The van der Waals surface area contributed by atoms with Crippen LogP contribution in [0.15, 0.2) is 24.3 Å². The molecule has 1 saturated heterocycles. The van der Waals surface area contributed by atoms with Crippen LogP contribution in [0, 0.1) is 0 Å². The van der Waals surface area contributed by atoms with Crippen molar-refractivity contribution in [2.24, 2.45) is 0 Å². The van der Waals surface area contributed by atoms with Gasteiger partial charge in [0.1, 0.15) is 0 Å². The van der Waals surface area contributed by atoms with Crippen LogP contribution in [0.25, 0.3) is 0 Å². The summed E-state index contributed by atoms with van der Waals surface area (Å²) in [5.41, 5.74) is -4.24. The number of aromatic hydroxyl groups is 2. The van der Waals surface area contributed by atoms with Crippen LogP contribution in [0.5, 0.6) is 23.0 Å². The van der Waals surface area contributed by atoms with Crippen molar-refractivity contribution in [3.63, 3.8) is 0 Å². The number of methoxy groups -OCH3 is 2. The first-order chi connectivity index (χ1) is 23.1. The quantitative estimate of drug-likeness (QED) is 0.311. The van der Waals surface area contributed by atoms with Gasteiger partial charge in [0, 0.05) is 0 Å². The predicted octanol–water partition coefficient (Wildman–Crippen LogP) is 7.28. The molecule has 0 spiro atoms. The Morgan fingerprint density at radius 2 is 1.00 bits per heavy atom. The van der Waals surface area contributed by atoms with Crippen LogP contribution in [0.3, 0.4) is 0 Å². The number of hydrogen-bond acceptors (Lipinski definition) is 5. The van der Waals surface area contributed by atoms with Crippen LogP contribution in [0.1, 0.15) is 89.5 Å². The minimum absolute atomic E-state index is 0.217. The molecule has 1 aliphatic heterocycles. The van der Waals surface area contributed by atoms with Gasteiger partial charge in [-0.2, -0.15) is 26.3 Å². The number of phenols is 2. The molecule has 17 heteroatoms. The Bertz CT molecular complexity index is 1510. The van der Waals surface area contributed by atoms with Crippen molar-refractivity contribution < 1.29 is 86.7 Å². The van der Waals surface area contributed by atoms with E-state index in [4.69, 9.17) is 9.47 Å². The summed E-state index contributed by atoms with van der Waals surface area (Å²) in [4.78, 5) is 0. The maximum absolute atomic E-state index is 12.0. The molecule has 289 valence electrons. The third-order valence-electron chi connectivity index (χ3n) is 8.46. The topological polar surface area (TPSA) is 88.0 Å². The van der Waals surface area contributed by atoms with Crippen LogP contribution >= 0.6 is 0 Å². The number of alkyl halides is 9. The van der Waals surface area contributed by atoms with E-state index in [1.54, 1.807) is 14.2 Å². The van der Waals surface area contributed by atoms with Gasteiger partial charge in [-0.1, -0.05) is 0 Å². The Balaban J connectivity index is 0.000000425. The second-order valence-electron chi connectivity index (χ2n) is 14.3. The fraction of sp³-hybridized carbons (Fsp3) is 0.588. The van der Waals surface area contributed by atoms with Crippen LogP contribution in [0.4, 0.5) is 39.5 Å². The second kappa shape index (κ2) is 14.7. The molecule has 4 rings (SSSR count). The van der Waals surface area contributed by atoms with Crippen molar-refractivity contribution >= 4 is 12.4 Å². The summed E-state index contributed by atoms with van der Waals surface area (Å²) < 4.78 is 119. The van der Waals surface area contributed by atoms with Gasteiger partial charge < -0.3 is 5.11 Å². The number of benzene rings is 2. The normalized spacial score (nSPS) is 20.7. The van der Waals surface area contributed by atoms with E-state index in [9.17, 15) is 54.8 Å². The van der Waals surface area contributed by atoms with Gasteiger partial charge >= 0.3 is 246 Å². The molecule has 2 fully saturated rings. The molecular formula is C34H42CoF9N2O5+. The molecule has 0 bridgehead atoms. The van der Waals surface area contributed by atoms with E-state index in [1.165, 1.54) is 12.8 Å². The molecule has 2 aliphatic rings. The maximum atomic E-state index is 12.0. The third-order valence-corrected chi connectivity index (χ3v) is 9.90. The summed E-state index contributed by atoms with van der Waals surface area (Å²) in [7, 11) is 3.33. The van der Waals surface area contributed by atoms with Gasteiger partial charge in [-0.25, -0.2) is 13.2 Å². The minimum atomic E-state index is -7.08. The zero-order chi connectivity index (χ0) is 39.1. The van der Waals surface area contributed by atoms with Gasteiger partial charge in [-0.15, -0.1) is 0 Å². The molecule has 51 heavy (non-hydrogen) atoms. The zero-order valence-corrected chi connectivity index (χ0v) is 30.2. The third kappa shape index (κ3) is 8.90. The average molecular weight is 789 g/mol. The molecule has 0 aromatic heterocycles. The number of fused-ring (bicyclic) bond motifs is 1. The van der Waals surface area contributed by atoms with Crippen molar-refractivity contribution in [1.29, 1.82) is 0 Å². The fourth-order valence-electron chi connectivity index (χ4n) is 5.64. The van der Waals surface area contributed by atoms with Crippen LogP contribution in [-0.4, -0.2) is 80.3 Å². The summed E-state index contributed by atoms with van der Waals surface area (Å²) in [6.07, 6.45) is -12.2. The smallest absolute Gasteiger partial charge is 0.436 e. The fourth-order valence-corrected chi connectivity index (χ4v) is 7.26. The van der Waals surface area contributed by atoms with Gasteiger partial charge in [0.2, 0.25) is 6.11 Å². The van der Waals surface area contributed by atoms with E-state index < -0.39 is 24.1 Å². The van der Waals surface area contributed by atoms with Crippen LogP contribution < -0.4 is 14.6 Å². The Morgan fingerprint density at radius 3 is 1.24 bits per heavy atom. The minimum Gasteiger partial charge on any atom is -0.795 e. The standard InChI is InChI=1S/C30H42N2O4.C4F9O.Co/c1-29(2,3)23-15-21(35-7)13-19(27(23)33)17-31-25-11-9-10-12-26(25)32-18-20-14-22(36-8)16-24(28(20)34)30(4,5)6;5-1(2(6,7)8,3(9,10)11)4(12,13)14;/h13-18,25-26,33-34H,9-12H2,1-8H3;;/q;-1;+2/t25-,26-;;/m1../s1. The molecule has 2 aromatic carbocycles. The van der Waals surface area contributed by atoms with E-state index in [1.807, 2.05) is 24.3 Å². The predicted molar refractivity (Wildman–Crippen MR) is 165 cm³/mol. The van der Waals surface area contributed by atoms with Crippen molar-refractivity contribution in [2.45, 2.75) is 114 Å². The van der Waals surface area contributed by atoms with Gasteiger partial charge in [0.25, 0.3) is 0 Å². The summed E-state index contributed by atoms with van der Waals surface area (Å²) in [5, 5.41) is 31.7. The number of halogens is 9. The Hall–Kier alpha value is -3.18.